The Kier molecular flexibility index (Phi) is 3.65. The second-order valence-corrected chi connectivity index (χ2v) is 7.54. The Bertz CT molecular complexity index is 1190. The van der Waals surface area contributed by atoms with Gasteiger partial charge in [-0.25, -0.2) is 0 Å². The molecule has 0 spiro atoms. The molecule has 0 radical (unpaired) electrons. The number of aromatic nitrogens is 6. The highest BCUT2D eigenvalue weighted by Crippen LogP contribution is 2.29. The minimum Gasteiger partial charge on any atom is -0.275 e. The van der Waals surface area contributed by atoms with Gasteiger partial charge in [-0.15, -0.1) is 10.2 Å². The Morgan fingerprint density at radius 2 is 1.73 bits per heavy atom. The van der Waals surface area contributed by atoms with E-state index in [4.69, 9.17) is 0 Å². The van der Waals surface area contributed by atoms with Crippen molar-refractivity contribution >= 4 is 32.2 Å². The molecular formula is C18H11BrN6S. The molecule has 6 nitrogen and oxygen atoms in total. The molecule has 126 valence electrons. The Labute approximate surface area is 160 Å². The zero-order valence-corrected chi connectivity index (χ0v) is 15.7. The number of nitrogens with zero attached hydrogens (tertiary/aromatic N) is 5. The van der Waals surface area contributed by atoms with Gasteiger partial charge in [0, 0.05) is 15.6 Å². The quantitative estimate of drug-likeness (QED) is 0.458. The summed E-state index contributed by atoms with van der Waals surface area (Å²) in [5.41, 5.74) is 3.78. The van der Waals surface area contributed by atoms with Crippen molar-refractivity contribution in [3.8, 4) is 33.3 Å². The molecule has 0 saturated heterocycles. The fourth-order valence-electron chi connectivity index (χ4n) is 2.69. The fraction of sp³-hybridized carbons (Fsp3) is 0. The third-order valence-electron chi connectivity index (χ3n) is 3.97. The third kappa shape index (κ3) is 2.63. The number of nitrogens with one attached hydrogen (secondary N) is 1. The van der Waals surface area contributed by atoms with Gasteiger partial charge in [-0.05, 0) is 18.2 Å². The standard InChI is InChI=1S/C18H11BrN6S/c19-13-8-6-12(7-9-13)16-22-23-18-25(16)24-17(26-18)15-10-14(20-21-15)11-4-2-1-3-5-11/h1-10H,(H,20,21). The minimum atomic E-state index is 0.720. The average molecular weight is 423 g/mol. The molecule has 0 saturated carbocycles. The number of benzene rings is 2. The minimum absolute atomic E-state index is 0.720. The maximum absolute atomic E-state index is 4.68. The molecule has 3 aromatic heterocycles. The van der Waals surface area contributed by atoms with E-state index >= 15 is 0 Å². The largest absolute Gasteiger partial charge is 0.275 e. The number of hydrogen-bond donors (Lipinski definition) is 1. The molecule has 2 aromatic carbocycles. The molecular weight excluding hydrogens is 412 g/mol. The smallest absolute Gasteiger partial charge is 0.235 e. The first kappa shape index (κ1) is 15.4. The number of hydrogen-bond acceptors (Lipinski definition) is 5. The number of H-pyrrole nitrogens is 1. The van der Waals surface area contributed by atoms with Crippen molar-refractivity contribution in [1.29, 1.82) is 0 Å². The number of rotatable bonds is 3. The van der Waals surface area contributed by atoms with Gasteiger partial charge in [-0.1, -0.05) is 69.7 Å². The van der Waals surface area contributed by atoms with Crippen molar-refractivity contribution in [2.24, 2.45) is 0 Å². The van der Waals surface area contributed by atoms with Crippen molar-refractivity contribution in [3.05, 3.63) is 65.1 Å². The van der Waals surface area contributed by atoms with Crippen molar-refractivity contribution in [3.63, 3.8) is 0 Å². The van der Waals surface area contributed by atoms with Crippen LogP contribution in [0.3, 0.4) is 0 Å². The van der Waals surface area contributed by atoms with Gasteiger partial charge in [0.2, 0.25) is 4.96 Å². The van der Waals surface area contributed by atoms with E-state index in [9.17, 15) is 0 Å². The molecule has 0 aliphatic heterocycles. The summed E-state index contributed by atoms with van der Waals surface area (Å²) in [6.07, 6.45) is 0. The summed E-state index contributed by atoms with van der Waals surface area (Å²) in [5, 5.41) is 21.5. The molecule has 0 amide bonds. The van der Waals surface area contributed by atoms with Crippen molar-refractivity contribution in [2.75, 3.05) is 0 Å². The van der Waals surface area contributed by atoms with Crippen LogP contribution in [0.1, 0.15) is 0 Å². The molecule has 0 bridgehead atoms. The zero-order chi connectivity index (χ0) is 17.5. The van der Waals surface area contributed by atoms with Crippen LogP contribution in [0, 0.1) is 0 Å². The van der Waals surface area contributed by atoms with Gasteiger partial charge in [0.25, 0.3) is 0 Å². The van der Waals surface area contributed by atoms with E-state index in [2.05, 4.69) is 41.4 Å². The maximum Gasteiger partial charge on any atom is 0.235 e. The zero-order valence-electron chi connectivity index (χ0n) is 13.3. The van der Waals surface area contributed by atoms with Crippen LogP contribution in [0.4, 0.5) is 0 Å². The highest BCUT2D eigenvalue weighted by Gasteiger charge is 2.16. The second kappa shape index (κ2) is 6.15. The van der Waals surface area contributed by atoms with E-state index in [1.165, 1.54) is 11.3 Å². The van der Waals surface area contributed by atoms with E-state index in [1.807, 2.05) is 60.7 Å². The molecule has 0 aliphatic rings. The summed E-state index contributed by atoms with van der Waals surface area (Å²) in [5.74, 6) is 0.720. The lowest BCUT2D eigenvalue weighted by Gasteiger charge is -1.96. The van der Waals surface area contributed by atoms with Crippen molar-refractivity contribution in [1.82, 2.24) is 30.0 Å². The molecule has 26 heavy (non-hydrogen) atoms. The van der Waals surface area contributed by atoms with Crippen molar-refractivity contribution in [2.45, 2.75) is 0 Å². The first-order valence-electron chi connectivity index (χ1n) is 7.87. The van der Waals surface area contributed by atoms with Gasteiger partial charge in [0.15, 0.2) is 10.8 Å². The van der Waals surface area contributed by atoms with Crippen LogP contribution >= 0.6 is 27.3 Å². The van der Waals surface area contributed by atoms with Gasteiger partial charge in [-0.2, -0.15) is 14.7 Å². The van der Waals surface area contributed by atoms with E-state index in [0.29, 0.717) is 0 Å². The summed E-state index contributed by atoms with van der Waals surface area (Å²) in [6, 6.07) is 20.0. The van der Waals surface area contributed by atoms with Crippen LogP contribution in [-0.4, -0.2) is 30.0 Å². The Balaban J connectivity index is 1.55. The van der Waals surface area contributed by atoms with Gasteiger partial charge in [-0.3, -0.25) is 5.10 Å². The van der Waals surface area contributed by atoms with Gasteiger partial charge >= 0.3 is 0 Å². The Morgan fingerprint density at radius 1 is 0.923 bits per heavy atom. The summed E-state index contributed by atoms with van der Waals surface area (Å²) < 4.78 is 2.79. The van der Waals surface area contributed by atoms with E-state index in [-0.39, 0.29) is 0 Å². The van der Waals surface area contributed by atoms with Crippen LogP contribution in [-0.2, 0) is 0 Å². The number of fused-ring (bicyclic) bond motifs is 1. The SMILES string of the molecule is Brc1ccc(-c2nnc3sc(-c4cc(-c5ccccc5)n[nH]4)nn23)cc1. The molecule has 0 aliphatic carbocycles. The molecule has 0 unspecified atom stereocenters. The summed E-state index contributed by atoms with van der Waals surface area (Å²) in [4.78, 5) is 0.744. The molecule has 1 N–H and O–H groups in total. The predicted octanol–water partition coefficient (Wildman–Crippen LogP) is 4.67. The van der Waals surface area contributed by atoms with E-state index in [1.54, 1.807) is 4.52 Å². The molecule has 5 aromatic rings. The van der Waals surface area contributed by atoms with Gasteiger partial charge in [0.05, 0.1) is 11.4 Å². The third-order valence-corrected chi connectivity index (χ3v) is 5.43. The summed E-state index contributed by atoms with van der Waals surface area (Å²) >= 11 is 4.92. The molecule has 8 heteroatoms. The summed E-state index contributed by atoms with van der Waals surface area (Å²) in [6.45, 7) is 0. The highest BCUT2D eigenvalue weighted by atomic mass is 79.9. The summed E-state index contributed by atoms with van der Waals surface area (Å²) in [7, 11) is 0. The lowest BCUT2D eigenvalue weighted by molar-refractivity contribution is 0.964. The molecule has 3 heterocycles. The van der Waals surface area contributed by atoms with E-state index in [0.717, 1.165) is 42.8 Å². The lowest BCUT2D eigenvalue weighted by Crippen LogP contribution is -1.90. The van der Waals surface area contributed by atoms with Gasteiger partial charge < -0.3 is 0 Å². The monoisotopic (exact) mass is 422 g/mol. The van der Waals surface area contributed by atoms with E-state index < -0.39 is 0 Å². The predicted molar refractivity (Wildman–Crippen MR) is 105 cm³/mol. The Morgan fingerprint density at radius 3 is 2.54 bits per heavy atom. The second-order valence-electron chi connectivity index (χ2n) is 5.66. The maximum atomic E-state index is 4.68. The van der Waals surface area contributed by atoms with Crippen LogP contribution in [0.5, 0.6) is 0 Å². The first-order valence-corrected chi connectivity index (χ1v) is 9.48. The van der Waals surface area contributed by atoms with Crippen LogP contribution in [0.25, 0.3) is 38.3 Å². The molecule has 0 fully saturated rings. The topological polar surface area (TPSA) is 71.8 Å². The Hall–Kier alpha value is -2.84. The van der Waals surface area contributed by atoms with Crippen LogP contribution in [0.2, 0.25) is 0 Å². The van der Waals surface area contributed by atoms with Crippen molar-refractivity contribution < 1.29 is 0 Å². The first-order chi connectivity index (χ1) is 12.8. The van der Waals surface area contributed by atoms with Crippen LogP contribution in [0.15, 0.2) is 65.1 Å². The van der Waals surface area contributed by atoms with Gasteiger partial charge in [0.1, 0.15) is 0 Å². The number of halogens is 1. The average Bonchev–Trinajstić information content (AvgIpc) is 3.38. The highest BCUT2D eigenvalue weighted by molar-refractivity contribution is 9.10. The molecule has 0 atom stereocenters. The normalized spacial score (nSPS) is 11.3. The fourth-order valence-corrected chi connectivity index (χ4v) is 3.76. The van der Waals surface area contributed by atoms with Crippen LogP contribution < -0.4 is 0 Å². The number of aromatic amines is 1. The molecule has 5 rings (SSSR count). The lowest BCUT2D eigenvalue weighted by atomic mass is 10.1.